The summed E-state index contributed by atoms with van der Waals surface area (Å²) in [5.74, 6) is 0.651. The van der Waals surface area contributed by atoms with Crippen LogP contribution in [0.3, 0.4) is 0 Å². The van der Waals surface area contributed by atoms with E-state index in [9.17, 15) is 4.39 Å². The van der Waals surface area contributed by atoms with E-state index in [1.165, 1.54) is 0 Å². The van der Waals surface area contributed by atoms with Crippen LogP contribution in [-0.4, -0.2) is 13.2 Å². The van der Waals surface area contributed by atoms with Crippen molar-refractivity contribution < 1.29 is 9.13 Å². The van der Waals surface area contributed by atoms with Crippen molar-refractivity contribution in [3.8, 4) is 5.75 Å². The van der Waals surface area contributed by atoms with Crippen LogP contribution < -0.4 is 10.1 Å². The first-order valence-electron chi connectivity index (χ1n) is 7.21. The predicted molar refractivity (Wildman–Crippen MR) is 84.2 cm³/mol. The van der Waals surface area contributed by atoms with Crippen molar-refractivity contribution in [1.82, 2.24) is 5.32 Å². The van der Waals surface area contributed by atoms with Gasteiger partial charge in [-0.2, -0.15) is 0 Å². The number of ether oxygens (including phenoxy) is 1. The number of aryl methyl sites for hydroxylation is 1. The van der Waals surface area contributed by atoms with Gasteiger partial charge in [0, 0.05) is 0 Å². The van der Waals surface area contributed by atoms with Crippen molar-refractivity contribution >= 4 is 0 Å². The number of hydrogen-bond donors (Lipinski definition) is 1. The van der Waals surface area contributed by atoms with Crippen LogP contribution in [0.25, 0.3) is 0 Å². The first-order chi connectivity index (χ1) is 10.0. The second-order valence-corrected chi connectivity index (χ2v) is 5.47. The van der Waals surface area contributed by atoms with Crippen molar-refractivity contribution in [1.29, 1.82) is 0 Å². The fraction of sp³-hybridized carbons (Fsp3) is 0.333. The Labute approximate surface area is 126 Å². The van der Waals surface area contributed by atoms with Crippen molar-refractivity contribution in [2.24, 2.45) is 0 Å². The zero-order valence-electron chi connectivity index (χ0n) is 13.0. The maximum absolute atomic E-state index is 13.8. The fourth-order valence-electron chi connectivity index (χ4n) is 2.35. The van der Waals surface area contributed by atoms with Gasteiger partial charge in [-0.25, -0.2) is 4.39 Å². The summed E-state index contributed by atoms with van der Waals surface area (Å²) in [6.45, 7) is 5.76. The molecule has 0 aliphatic carbocycles. The molecule has 2 nitrogen and oxygen atoms in total. The minimum atomic E-state index is -0.178. The van der Waals surface area contributed by atoms with E-state index in [1.54, 1.807) is 13.0 Å². The molecule has 1 atom stereocenters. The Morgan fingerprint density at radius 3 is 2.38 bits per heavy atom. The quantitative estimate of drug-likeness (QED) is 0.888. The highest BCUT2D eigenvalue weighted by molar-refractivity contribution is 5.38. The second-order valence-electron chi connectivity index (χ2n) is 5.47. The van der Waals surface area contributed by atoms with Gasteiger partial charge >= 0.3 is 0 Å². The summed E-state index contributed by atoms with van der Waals surface area (Å²) in [6, 6.07) is 13.2. The standard InChI is InChI=1S/C18H22FNO/c1-12(2)21-16-7-5-6-14(10-16)18(20-4)15-9-8-13(3)17(19)11-15/h5-12,18,20H,1-4H3. The van der Waals surface area contributed by atoms with E-state index in [-0.39, 0.29) is 18.0 Å². The van der Waals surface area contributed by atoms with E-state index in [4.69, 9.17) is 4.74 Å². The summed E-state index contributed by atoms with van der Waals surface area (Å²) in [7, 11) is 1.87. The molecule has 0 fully saturated rings. The van der Waals surface area contributed by atoms with E-state index in [2.05, 4.69) is 5.32 Å². The van der Waals surface area contributed by atoms with Crippen LogP contribution in [0.2, 0.25) is 0 Å². The predicted octanol–water partition coefficient (Wildman–Crippen LogP) is 4.23. The minimum absolute atomic E-state index is 0.0594. The molecule has 0 saturated carbocycles. The number of benzene rings is 2. The second kappa shape index (κ2) is 6.72. The molecule has 0 aliphatic heterocycles. The molecule has 1 unspecified atom stereocenters. The molecular formula is C18H22FNO. The van der Waals surface area contributed by atoms with E-state index in [1.807, 2.05) is 57.3 Å². The summed E-state index contributed by atoms with van der Waals surface area (Å²) in [5, 5.41) is 3.24. The average molecular weight is 287 g/mol. The van der Waals surface area contributed by atoms with Crippen molar-refractivity contribution in [2.45, 2.75) is 32.9 Å². The first kappa shape index (κ1) is 15.5. The molecule has 0 saturated heterocycles. The van der Waals surface area contributed by atoms with Gasteiger partial charge in [0.05, 0.1) is 12.1 Å². The van der Waals surface area contributed by atoms with Gasteiger partial charge in [-0.05, 0) is 62.7 Å². The van der Waals surface area contributed by atoms with Crippen LogP contribution in [0.5, 0.6) is 5.75 Å². The van der Waals surface area contributed by atoms with Crippen LogP contribution in [0.4, 0.5) is 4.39 Å². The highest BCUT2D eigenvalue weighted by atomic mass is 19.1. The van der Waals surface area contributed by atoms with Crippen LogP contribution in [0, 0.1) is 12.7 Å². The third-order valence-electron chi connectivity index (χ3n) is 3.38. The molecule has 0 heterocycles. The van der Waals surface area contributed by atoms with Gasteiger partial charge in [0.25, 0.3) is 0 Å². The molecule has 0 spiro atoms. The zero-order valence-corrected chi connectivity index (χ0v) is 13.0. The van der Waals surface area contributed by atoms with Crippen LogP contribution in [-0.2, 0) is 0 Å². The molecule has 3 heteroatoms. The molecule has 2 aromatic rings. The Morgan fingerprint density at radius 2 is 1.76 bits per heavy atom. The van der Waals surface area contributed by atoms with Crippen LogP contribution in [0.15, 0.2) is 42.5 Å². The van der Waals surface area contributed by atoms with E-state index < -0.39 is 0 Å². The summed E-state index contributed by atoms with van der Waals surface area (Å²) >= 11 is 0. The molecule has 1 N–H and O–H groups in total. The number of halogens is 1. The molecule has 21 heavy (non-hydrogen) atoms. The third kappa shape index (κ3) is 3.82. The van der Waals surface area contributed by atoms with E-state index in [0.717, 1.165) is 16.9 Å². The summed E-state index contributed by atoms with van der Waals surface area (Å²) in [6.07, 6.45) is 0.130. The Bertz CT molecular complexity index is 610. The van der Waals surface area contributed by atoms with Crippen LogP contribution >= 0.6 is 0 Å². The van der Waals surface area contributed by atoms with E-state index in [0.29, 0.717) is 5.56 Å². The minimum Gasteiger partial charge on any atom is -0.491 e. The Morgan fingerprint density at radius 1 is 1.05 bits per heavy atom. The zero-order chi connectivity index (χ0) is 15.4. The van der Waals surface area contributed by atoms with Crippen molar-refractivity contribution in [2.75, 3.05) is 7.05 Å². The summed E-state index contributed by atoms with van der Waals surface area (Å²) in [4.78, 5) is 0. The molecule has 2 rings (SSSR count). The average Bonchev–Trinajstić information content (AvgIpc) is 2.43. The largest absolute Gasteiger partial charge is 0.491 e. The number of hydrogen-bond acceptors (Lipinski definition) is 2. The highest BCUT2D eigenvalue weighted by Gasteiger charge is 2.14. The van der Waals surface area contributed by atoms with Gasteiger partial charge < -0.3 is 10.1 Å². The molecule has 0 amide bonds. The monoisotopic (exact) mass is 287 g/mol. The van der Waals surface area contributed by atoms with Crippen molar-refractivity contribution in [3.05, 3.63) is 65.0 Å². The number of rotatable bonds is 5. The lowest BCUT2D eigenvalue weighted by atomic mass is 9.97. The molecule has 0 radical (unpaired) electrons. The van der Waals surface area contributed by atoms with Gasteiger partial charge in [0.2, 0.25) is 0 Å². The topological polar surface area (TPSA) is 21.3 Å². The first-order valence-corrected chi connectivity index (χ1v) is 7.21. The third-order valence-corrected chi connectivity index (χ3v) is 3.38. The Kier molecular flexibility index (Phi) is 4.97. The van der Waals surface area contributed by atoms with Gasteiger partial charge in [-0.15, -0.1) is 0 Å². The van der Waals surface area contributed by atoms with Crippen molar-refractivity contribution in [3.63, 3.8) is 0 Å². The SMILES string of the molecule is CNC(c1cccc(OC(C)C)c1)c1ccc(C)c(F)c1. The Balaban J connectivity index is 2.34. The van der Waals surface area contributed by atoms with Gasteiger partial charge in [0.15, 0.2) is 0 Å². The lowest BCUT2D eigenvalue weighted by Crippen LogP contribution is -2.18. The van der Waals surface area contributed by atoms with Crippen LogP contribution in [0.1, 0.15) is 36.6 Å². The normalized spacial score (nSPS) is 12.5. The fourth-order valence-corrected chi connectivity index (χ4v) is 2.35. The molecule has 0 aromatic heterocycles. The highest BCUT2D eigenvalue weighted by Crippen LogP contribution is 2.26. The molecule has 112 valence electrons. The molecule has 0 aliphatic rings. The molecule has 2 aromatic carbocycles. The van der Waals surface area contributed by atoms with Gasteiger partial charge in [-0.1, -0.05) is 24.3 Å². The number of nitrogens with one attached hydrogen (secondary N) is 1. The smallest absolute Gasteiger partial charge is 0.126 e. The maximum atomic E-state index is 13.8. The van der Waals surface area contributed by atoms with E-state index >= 15 is 0 Å². The summed E-state index contributed by atoms with van der Waals surface area (Å²) in [5.41, 5.74) is 2.62. The van der Waals surface area contributed by atoms with Gasteiger partial charge in [0.1, 0.15) is 11.6 Å². The Hall–Kier alpha value is -1.87. The molecular weight excluding hydrogens is 265 g/mol. The lowest BCUT2D eigenvalue weighted by molar-refractivity contribution is 0.242. The molecule has 0 bridgehead atoms. The van der Waals surface area contributed by atoms with Gasteiger partial charge in [-0.3, -0.25) is 0 Å². The summed E-state index contributed by atoms with van der Waals surface area (Å²) < 4.78 is 19.5. The maximum Gasteiger partial charge on any atom is 0.126 e. The lowest BCUT2D eigenvalue weighted by Gasteiger charge is -2.19.